The van der Waals surface area contributed by atoms with E-state index in [4.69, 9.17) is 11.6 Å². The molecular formula is C19H16ClFN2OS. The average Bonchev–Trinajstić information content (AvgIpc) is 3.15. The van der Waals surface area contributed by atoms with E-state index in [0.29, 0.717) is 20.0 Å². The number of anilines is 2. The van der Waals surface area contributed by atoms with Gasteiger partial charge < -0.3 is 10.2 Å². The summed E-state index contributed by atoms with van der Waals surface area (Å²) in [6.07, 6.45) is 1.03. The second kappa shape index (κ2) is 6.32. The maximum atomic E-state index is 13.4. The normalized spacial score (nSPS) is 13.3. The summed E-state index contributed by atoms with van der Waals surface area (Å²) in [5, 5.41) is 3.98. The van der Waals surface area contributed by atoms with E-state index in [0.717, 1.165) is 25.2 Å². The van der Waals surface area contributed by atoms with Crippen LogP contribution >= 0.6 is 22.9 Å². The molecule has 1 amide bonds. The molecule has 2 aromatic carbocycles. The number of rotatable bonds is 3. The van der Waals surface area contributed by atoms with Gasteiger partial charge in [0.2, 0.25) is 0 Å². The number of likely N-dealkylation sites (N-methyl/N-ethyl adjacent to an activating group) is 1. The van der Waals surface area contributed by atoms with Gasteiger partial charge in [-0.2, -0.15) is 0 Å². The zero-order chi connectivity index (χ0) is 17.6. The summed E-state index contributed by atoms with van der Waals surface area (Å²) >= 11 is 7.53. The molecule has 0 saturated heterocycles. The van der Waals surface area contributed by atoms with Gasteiger partial charge in [0.25, 0.3) is 5.91 Å². The van der Waals surface area contributed by atoms with Crippen molar-refractivity contribution >= 4 is 50.3 Å². The van der Waals surface area contributed by atoms with E-state index in [1.807, 2.05) is 12.1 Å². The lowest BCUT2D eigenvalue weighted by Gasteiger charge is -2.17. The number of nitrogens with zero attached hydrogens (tertiary/aromatic N) is 1. The van der Waals surface area contributed by atoms with Crippen molar-refractivity contribution in [2.75, 3.05) is 23.3 Å². The third kappa shape index (κ3) is 2.87. The number of benzene rings is 2. The van der Waals surface area contributed by atoms with Crippen molar-refractivity contribution in [1.82, 2.24) is 0 Å². The number of halogens is 2. The summed E-state index contributed by atoms with van der Waals surface area (Å²) in [4.78, 5) is 15.3. The summed E-state index contributed by atoms with van der Waals surface area (Å²) in [5.41, 5.74) is 3.21. The lowest BCUT2D eigenvalue weighted by Crippen LogP contribution is -2.19. The number of amides is 1. The van der Waals surface area contributed by atoms with Crippen molar-refractivity contribution < 1.29 is 9.18 Å². The van der Waals surface area contributed by atoms with Gasteiger partial charge >= 0.3 is 0 Å². The highest BCUT2D eigenvalue weighted by Gasteiger charge is 2.20. The minimum absolute atomic E-state index is 0.271. The van der Waals surface area contributed by atoms with Gasteiger partial charge in [0, 0.05) is 34.6 Å². The van der Waals surface area contributed by atoms with Crippen molar-refractivity contribution in [1.29, 1.82) is 0 Å². The van der Waals surface area contributed by atoms with Gasteiger partial charge in [0.1, 0.15) is 10.7 Å². The number of nitrogens with one attached hydrogen (secondary N) is 1. The predicted molar refractivity (Wildman–Crippen MR) is 103 cm³/mol. The van der Waals surface area contributed by atoms with Crippen molar-refractivity contribution in [3.63, 3.8) is 0 Å². The van der Waals surface area contributed by atoms with Crippen LogP contribution in [0, 0.1) is 5.82 Å². The Bertz CT molecular complexity index is 985. The molecule has 3 aromatic rings. The summed E-state index contributed by atoms with van der Waals surface area (Å²) in [5.74, 6) is -0.608. The van der Waals surface area contributed by atoms with Crippen molar-refractivity contribution in [2.24, 2.45) is 0 Å². The molecule has 1 N–H and O–H groups in total. The van der Waals surface area contributed by atoms with E-state index in [1.54, 1.807) is 6.07 Å². The topological polar surface area (TPSA) is 32.3 Å². The Balaban J connectivity index is 1.64. The lowest BCUT2D eigenvalue weighted by molar-refractivity contribution is 0.103. The Morgan fingerprint density at radius 1 is 1.32 bits per heavy atom. The molecule has 1 aromatic heterocycles. The van der Waals surface area contributed by atoms with Gasteiger partial charge in [0.15, 0.2) is 0 Å². The Morgan fingerprint density at radius 2 is 2.16 bits per heavy atom. The van der Waals surface area contributed by atoms with Gasteiger partial charge in [-0.3, -0.25) is 4.79 Å². The van der Waals surface area contributed by atoms with Crippen molar-refractivity contribution in [3.05, 3.63) is 57.7 Å². The Labute approximate surface area is 154 Å². The standard InChI is InChI=1S/C19H16ClFN2OS/c1-2-23-8-7-11-3-5-13(10-15(11)23)22-19(24)18-17(20)14-6-4-12(21)9-16(14)25-18/h3-6,9-10H,2,7-8H2,1H3,(H,22,24). The molecular weight excluding hydrogens is 359 g/mol. The number of thiophene rings is 1. The second-order valence-electron chi connectivity index (χ2n) is 6.01. The summed E-state index contributed by atoms with van der Waals surface area (Å²) in [6.45, 7) is 4.07. The van der Waals surface area contributed by atoms with E-state index < -0.39 is 0 Å². The van der Waals surface area contributed by atoms with Crippen LogP contribution < -0.4 is 10.2 Å². The Hall–Kier alpha value is -2.11. The maximum Gasteiger partial charge on any atom is 0.267 e. The molecule has 128 valence electrons. The van der Waals surface area contributed by atoms with Crippen LogP contribution in [0.2, 0.25) is 5.02 Å². The number of carbonyl (C=O) groups excluding carboxylic acids is 1. The zero-order valence-corrected chi connectivity index (χ0v) is 15.2. The number of hydrogen-bond acceptors (Lipinski definition) is 3. The molecule has 1 aliphatic rings. The van der Waals surface area contributed by atoms with Crippen LogP contribution in [0.3, 0.4) is 0 Å². The fourth-order valence-electron chi connectivity index (χ4n) is 3.22. The van der Waals surface area contributed by atoms with Crippen LogP contribution in [-0.4, -0.2) is 19.0 Å². The average molecular weight is 375 g/mol. The fraction of sp³-hybridized carbons (Fsp3) is 0.211. The molecule has 0 bridgehead atoms. The van der Waals surface area contributed by atoms with E-state index in [9.17, 15) is 9.18 Å². The van der Waals surface area contributed by atoms with E-state index in [2.05, 4.69) is 23.2 Å². The van der Waals surface area contributed by atoms with Crippen LogP contribution in [0.15, 0.2) is 36.4 Å². The van der Waals surface area contributed by atoms with Crippen LogP contribution in [0.4, 0.5) is 15.8 Å². The molecule has 0 radical (unpaired) electrons. The molecule has 0 atom stereocenters. The van der Waals surface area contributed by atoms with Crippen LogP contribution in [0.5, 0.6) is 0 Å². The van der Waals surface area contributed by atoms with Gasteiger partial charge in [-0.25, -0.2) is 4.39 Å². The van der Waals surface area contributed by atoms with Gasteiger partial charge in [-0.1, -0.05) is 17.7 Å². The minimum Gasteiger partial charge on any atom is -0.371 e. The smallest absolute Gasteiger partial charge is 0.267 e. The molecule has 0 unspecified atom stereocenters. The van der Waals surface area contributed by atoms with E-state index in [1.165, 1.54) is 34.7 Å². The lowest BCUT2D eigenvalue weighted by atomic mass is 10.1. The Kier molecular flexibility index (Phi) is 4.13. The third-order valence-corrected chi connectivity index (χ3v) is 6.17. The molecule has 6 heteroatoms. The van der Waals surface area contributed by atoms with Crippen molar-refractivity contribution in [3.8, 4) is 0 Å². The first-order valence-corrected chi connectivity index (χ1v) is 9.33. The first kappa shape index (κ1) is 16.4. The van der Waals surface area contributed by atoms with Crippen LogP contribution in [0.1, 0.15) is 22.2 Å². The molecule has 0 aliphatic carbocycles. The fourth-order valence-corrected chi connectivity index (χ4v) is 4.66. The molecule has 0 fully saturated rings. The summed E-state index contributed by atoms with van der Waals surface area (Å²) in [7, 11) is 0. The summed E-state index contributed by atoms with van der Waals surface area (Å²) < 4.78 is 14.0. The van der Waals surface area contributed by atoms with Gasteiger partial charge in [-0.05, 0) is 49.2 Å². The molecule has 0 spiro atoms. The molecule has 3 nitrogen and oxygen atoms in total. The minimum atomic E-state index is -0.337. The monoisotopic (exact) mass is 374 g/mol. The largest absolute Gasteiger partial charge is 0.371 e. The molecule has 4 rings (SSSR count). The highest BCUT2D eigenvalue weighted by Crippen LogP contribution is 2.36. The number of carbonyl (C=O) groups is 1. The van der Waals surface area contributed by atoms with Gasteiger partial charge in [-0.15, -0.1) is 11.3 Å². The van der Waals surface area contributed by atoms with Crippen LogP contribution in [-0.2, 0) is 6.42 Å². The molecule has 25 heavy (non-hydrogen) atoms. The highest BCUT2D eigenvalue weighted by atomic mass is 35.5. The first-order chi connectivity index (χ1) is 12.1. The summed E-state index contributed by atoms with van der Waals surface area (Å²) in [6, 6.07) is 10.3. The highest BCUT2D eigenvalue weighted by molar-refractivity contribution is 7.21. The van der Waals surface area contributed by atoms with Crippen LogP contribution in [0.25, 0.3) is 10.1 Å². The Morgan fingerprint density at radius 3 is 2.96 bits per heavy atom. The second-order valence-corrected chi connectivity index (χ2v) is 7.44. The SMILES string of the molecule is CCN1CCc2ccc(NC(=O)c3sc4cc(F)ccc4c3Cl)cc21. The quantitative estimate of drug-likeness (QED) is 0.672. The number of fused-ring (bicyclic) bond motifs is 2. The van der Waals surface area contributed by atoms with Crippen molar-refractivity contribution in [2.45, 2.75) is 13.3 Å². The molecule has 0 saturated carbocycles. The first-order valence-electron chi connectivity index (χ1n) is 8.13. The van der Waals surface area contributed by atoms with E-state index >= 15 is 0 Å². The third-order valence-electron chi connectivity index (χ3n) is 4.51. The van der Waals surface area contributed by atoms with E-state index in [-0.39, 0.29) is 11.7 Å². The van der Waals surface area contributed by atoms with Gasteiger partial charge in [0.05, 0.1) is 5.02 Å². The maximum absolute atomic E-state index is 13.4. The predicted octanol–water partition coefficient (Wildman–Crippen LogP) is 5.33. The number of hydrogen-bond donors (Lipinski definition) is 1. The zero-order valence-electron chi connectivity index (χ0n) is 13.6. The molecule has 1 aliphatic heterocycles. The molecule has 2 heterocycles.